The molecule has 2 aromatic carbocycles. The van der Waals surface area contributed by atoms with Crippen LogP contribution in [0.4, 0.5) is 4.79 Å². The first-order chi connectivity index (χ1) is 12.5. The number of nitrogens with zero attached hydrogens (tertiary/aromatic N) is 4. The van der Waals surface area contributed by atoms with E-state index in [0.717, 1.165) is 0 Å². The van der Waals surface area contributed by atoms with Crippen LogP contribution in [-0.4, -0.2) is 17.1 Å². The van der Waals surface area contributed by atoms with Crippen molar-refractivity contribution in [3.63, 3.8) is 0 Å². The number of hydrogen-bond donors (Lipinski definition) is 0. The number of carbonyl (C=O) groups excluding carboxylic acids is 2. The molecule has 11 heteroatoms. The molecule has 0 heterocycles. The molecule has 0 aliphatic carbocycles. The molecule has 0 saturated heterocycles. The highest BCUT2D eigenvalue weighted by molar-refractivity contribution is 5.94. The number of benzene rings is 2. The van der Waals surface area contributed by atoms with Crippen molar-refractivity contribution in [1.82, 2.24) is 0 Å². The second-order valence-corrected chi connectivity index (χ2v) is 4.59. The van der Waals surface area contributed by atoms with Gasteiger partial charge in [-0.15, -0.1) is 10.1 Å². The number of para-hydroxylation sites is 1. The lowest BCUT2D eigenvalue weighted by Gasteiger charge is -2.09. The second kappa shape index (κ2) is 8.66. The third-order valence-electron chi connectivity index (χ3n) is 2.88. The molecule has 11 nitrogen and oxygen atoms in total. The van der Waals surface area contributed by atoms with Crippen molar-refractivity contribution in [3.05, 3.63) is 80.2 Å². The van der Waals surface area contributed by atoms with Crippen LogP contribution in [0.2, 0.25) is 0 Å². The molecule has 0 unspecified atom stereocenters. The van der Waals surface area contributed by atoms with Crippen molar-refractivity contribution in [2.45, 2.75) is 6.61 Å². The van der Waals surface area contributed by atoms with Gasteiger partial charge in [0.15, 0.2) is 0 Å². The van der Waals surface area contributed by atoms with E-state index in [4.69, 9.17) is 15.0 Å². The predicted octanol–water partition coefficient (Wildman–Crippen LogP) is 3.42. The van der Waals surface area contributed by atoms with Crippen molar-refractivity contribution >= 4 is 12.1 Å². The minimum absolute atomic E-state index is 0.0825. The van der Waals surface area contributed by atoms with Gasteiger partial charge in [0, 0.05) is 10.0 Å². The van der Waals surface area contributed by atoms with Crippen LogP contribution in [0.3, 0.4) is 0 Å². The van der Waals surface area contributed by atoms with Crippen molar-refractivity contribution in [1.29, 1.82) is 0 Å². The molecule has 0 fully saturated rings. The molecule has 0 saturated carbocycles. The van der Waals surface area contributed by atoms with Gasteiger partial charge in [-0.3, -0.25) is 0 Å². The topological polar surface area (TPSA) is 154 Å². The Morgan fingerprint density at radius 3 is 2.65 bits per heavy atom. The lowest BCUT2D eigenvalue weighted by Crippen LogP contribution is -2.12. The van der Waals surface area contributed by atoms with Gasteiger partial charge in [0.25, 0.3) is 5.09 Å². The average Bonchev–Trinajstić information content (AvgIpc) is 2.61. The Morgan fingerprint density at radius 2 is 1.92 bits per heavy atom. The largest absolute Gasteiger partial charge is 0.423 e. The number of esters is 1. The first kappa shape index (κ1) is 18.2. The molecule has 0 radical (unpaired) electrons. The Hall–Kier alpha value is -4.11. The minimum atomic E-state index is -1.23. The molecule has 0 bridgehead atoms. The maximum atomic E-state index is 12.3. The molecule has 0 spiro atoms. The summed E-state index contributed by atoms with van der Waals surface area (Å²) in [6, 6.07) is 11.6. The van der Waals surface area contributed by atoms with Crippen LogP contribution in [0, 0.1) is 10.1 Å². The molecule has 26 heavy (non-hydrogen) atoms. The van der Waals surface area contributed by atoms with Gasteiger partial charge in [0.05, 0.1) is 0 Å². The van der Waals surface area contributed by atoms with Crippen LogP contribution in [0.1, 0.15) is 15.9 Å². The average molecular weight is 358 g/mol. The summed E-state index contributed by atoms with van der Waals surface area (Å²) in [5.41, 5.74) is 8.54. The van der Waals surface area contributed by atoms with Crippen molar-refractivity contribution < 1.29 is 29.0 Å². The second-order valence-electron chi connectivity index (χ2n) is 4.59. The Bertz CT molecular complexity index is 893. The summed E-state index contributed by atoms with van der Waals surface area (Å²) in [5.74, 6) is -0.889. The normalized spacial score (nSPS) is 9.54. The number of amides is 1. The Morgan fingerprint density at radius 1 is 1.15 bits per heavy atom. The zero-order valence-electron chi connectivity index (χ0n) is 13.0. The molecule has 0 atom stereocenters. The zero-order chi connectivity index (χ0) is 18.9. The van der Waals surface area contributed by atoms with Gasteiger partial charge < -0.3 is 14.3 Å². The molecule has 2 rings (SSSR count). The van der Waals surface area contributed by atoms with E-state index >= 15 is 0 Å². The Labute approximate surface area is 145 Å². The molecular weight excluding hydrogens is 348 g/mol. The summed E-state index contributed by atoms with van der Waals surface area (Å²) < 4.78 is 9.95. The highest BCUT2D eigenvalue weighted by Gasteiger charge is 2.16. The first-order valence-corrected chi connectivity index (χ1v) is 6.94. The number of ether oxygens (including phenoxy) is 2. The number of azide groups is 1. The van der Waals surface area contributed by atoms with E-state index in [0.29, 0.717) is 5.56 Å². The van der Waals surface area contributed by atoms with Gasteiger partial charge in [-0.1, -0.05) is 24.3 Å². The van der Waals surface area contributed by atoms with Gasteiger partial charge >= 0.3 is 12.1 Å². The van der Waals surface area contributed by atoms with Gasteiger partial charge in [-0.25, -0.2) is 9.59 Å². The SMILES string of the molecule is [N-]=[N+]=NC(=O)Oc1ccccc1C(=O)Oc1cccc(CO[N+](=O)[O-])c1. The van der Waals surface area contributed by atoms with Crippen LogP contribution < -0.4 is 9.47 Å². The molecule has 1 amide bonds. The number of carbonyl (C=O) groups is 2. The minimum Gasteiger partial charge on any atom is -0.423 e. The summed E-state index contributed by atoms with van der Waals surface area (Å²) in [5, 5.41) is 12.0. The van der Waals surface area contributed by atoms with Crippen molar-refractivity contribution in [2.75, 3.05) is 0 Å². The molecule has 0 N–H and O–H groups in total. The smallest absolute Gasteiger partial charge is 0.402 e. The quantitative estimate of drug-likeness (QED) is 0.146. The predicted molar refractivity (Wildman–Crippen MR) is 84.8 cm³/mol. The van der Waals surface area contributed by atoms with Crippen LogP contribution in [0.25, 0.3) is 10.4 Å². The van der Waals surface area contributed by atoms with Crippen LogP contribution in [0.15, 0.2) is 53.6 Å². The highest BCUT2D eigenvalue weighted by atomic mass is 16.9. The third kappa shape index (κ3) is 5.22. The Kier molecular flexibility index (Phi) is 6.07. The Balaban J connectivity index is 2.15. The fourth-order valence-corrected chi connectivity index (χ4v) is 1.86. The summed E-state index contributed by atoms with van der Waals surface area (Å²) in [6.07, 6.45) is -1.23. The molecule has 0 aliphatic rings. The van der Waals surface area contributed by atoms with E-state index in [2.05, 4.69) is 14.9 Å². The summed E-state index contributed by atoms with van der Waals surface area (Å²) >= 11 is 0. The van der Waals surface area contributed by atoms with Crippen molar-refractivity contribution in [3.8, 4) is 11.5 Å². The zero-order valence-corrected chi connectivity index (χ0v) is 13.0. The summed E-state index contributed by atoms with van der Waals surface area (Å²) in [4.78, 5) is 40.3. The highest BCUT2D eigenvalue weighted by Crippen LogP contribution is 2.22. The molecule has 2 aromatic rings. The summed E-state index contributed by atoms with van der Waals surface area (Å²) in [6.45, 7) is -0.307. The molecule has 0 aliphatic heterocycles. The lowest BCUT2D eigenvalue weighted by atomic mass is 10.2. The first-order valence-electron chi connectivity index (χ1n) is 6.94. The van der Waals surface area contributed by atoms with E-state index in [1.807, 2.05) is 0 Å². The molecule has 132 valence electrons. The van der Waals surface area contributed by atoms with Gasteiger partial charge in [-0.05, 0) is 35.4 Å². The fourth-order valence-electron chi connectivity index (χ4n) is 1.86. The number of hydrogen-bond acceptors (Lipinski definition) is 7. The van der Waals surface area contributed by atoms with E-state index in [1.165, 1.54) is 42.5 Å². The lowest BCUT2D eigenvalue weighted by molar-refractivity contribution is -0.763. The molecular formula is C15H10N4O7. The van der Waals surface area contributed by atoms with Crippen molar-refractivity contribution in [2.24, 2.45) is 5.11 Å². The van der Waals surface area contributed by atoms with Crippen LogP contribution in [-0.2, 0) is 11.4 Å². The van der Waals surface area contributed by atoms with Gasteiger partial charge in [-0.2, -0.15) is 0 Å². The molecule has 0 aromatic heterocycles. The van der Waals surface area contributed by atoms with Crippen LogP contribution in [0.5, 0.6) is 11.5 Å². The monoisotopic (exact) mass is 358 g/mol. The standard InChI is InChI=1S/C15H10N4O7/c16-18-17-15(21)26-13-7-2-1-6-12(13)14(20)25-11-5-3-4-10(8-11)9-24-19(22)23/h1-8H,9H2. The van der Waals surface area contributed by atoms with E-state index in [1.54, 1.807) is 6.07 Å². The van der Waals surface area contributed by atoms with Gasteiger partial charge in [0.1, 0.15) is 23.7 Å². The fraction of sp³-hybridized carbons (Fsp3) is 0.0667. The third-order valence-corrected chi connectivity index (χ3v) is 2.88. The van der Waals surface area contributed by atoms with Crippen LogP contribution >= 0.6 is 0 Å². The maximum absolute atomic E-state index is 12.3. The van der Waals surface area contributed by atoms with E-state index < -0.39 is 17.1 Å². The van der Waals surface area contributed by atoms with Gasteiger partial charge in [0.2, 0.25) is 0 Å². The number of rotatable bonds is 6. The van der Waals surface area contributed by atoms with E-state index in [-0.39, 0.29) is 23.7 Å². The maximum Gasteiger partial charge on any atom is 0.402 e. The summed E-state index contributed by atoms with van der Waals surface area (Å²) in [7, 11) is 0. The van der Waals surface area contributed by atoms with E-state index in [9.17, 15) is 19.7 Å².